The number of para-hydroxylation sites is 1. The molecule has 6 rings (SSSR count). The zero-order valence-corrected chi connectivity index (χ0v) is 17.5. The van der Waals surface area contributed by atoms with Gasteiger partial charge in [-0.05, 0) is 50.1 Å². The van der Waals surface area contributed by atoms with E-state index in [0.717, 1.165) is 0 Å². The molecule has 0 radical (unpaired) electrons. The molecule has 0 atom stereocenters. The number of fused-ring (bicyclic) bond motifs is 7. The van der Waals surface area contributed by atoms with Crippen molar-refractivity contribution in [2.75, 3.05) is 0 Å². The standard InChI is InChI=1S/C28H24N2/c1-28(2,3)30-23-15-9-13-19(18-10-5-4-6-11-18)25(23)26-24(30)17-16-21-20-12-7-8-14-22(20)29-27(21)26/h4-17,29H,1-3H3. The second-order valence-electron chi connectivity index (χ2n) is 9.12. The summed E-state index contributed by atoms with van der Waals surface area (Å²) in [7, 11) is 0. The highest BCUT2D eigenvalue weighted by Gasteiger charge is 2.24. The third-order valence-electron chi connectivity index (χ3n) is 6.19. The van der Waals surface area contributed by atoms with E-state index in [1.165, 1.54) is 54.7 Å². The smallest absolute Gasteiger partial charge is 0.0566 e. The third-order valence-corrected chi connectivity index (χ3v) is 6.19. The summed E-state index contributed by atoms with van der Waals surface area (Å²) in [4.78, 5) is 3.74. The van der Waals surface area contributed by atoms with Gasteiger partial charge in [0, 0.05) is 32.6 Å². The van der Waals surface area contributed by atoms with E-state index < -0.39 is 0 Å². The molecule has 0 aliphatic heterocycles. The van der Waals surface area contributed by atoms with Crippen LogP contribution in [0.25, 0.3) is 54.7 Å². The average Bonchev–Trinajstić information content (AvgIpc) is 3.29. The maximum absolute atomic E-state index is 3.74. The molecule has 1 N–H and O–H groups in total. The minimum absolute atomic E-state index is 0.0327. The van der Waals surface area contributed by atoms with Crippen LogP contribution in [-0.4, -0.2) is 9.55 Å². The van der Waals surface area contributed by atoms with Crippen LogP contribution in [0.15, 0.2) is 84.9 Å². The van der Waals surface area contributed by atoms with E-state index in [1.807, 2.05) is 0 Å². The summed E-state index contributed by atoms with van der Waals surface area (Å²) in [6, 6.07) is 30.6. The minimum Gasteiger partial charge on any atom is -0.354 e. The number of aromatic amines is 1. The van der Waals surface area contributed by atoms with Gasteiger partial charge in [0.25, 0.3) is 0 Å². The lowest BCUT2D eigenvalue weighted by Crippen LogP contribution is -2.21. The Balaban J connectivity index is 1.91. The lowest BCUT2D eigenvalue weighted by atomic mass is 9.98. The molecule has 2 heteroatoms. The van der Waals surface area contributed by atoms with Gasteiger partial charge in [0.15, 0.2) is 0 Å². The molecule has 146 valence electrons. The second kappa shape index (κ2) is 5.99. The van der Waals surface area contributed by atoms with Crippen LogP contribution < -0.4 is 0 Å². The van der Waals surface area contributed by atoms with E-state index in [-0.39, 0.29) is 5.54 Å². The number of hydrogen-bond acceptors (Lipinski definition) is 0. The van der Waals surface area contributed by atoms with E-state index in [9.17, 15) is 0 Å². The number of nitrogens with zero attached hydrogens (tertiary/aromatic N) is 1. The quantitative estimate of drug-likeness (QED) is 0.296. The Labute approximate surface area is 175 Å². The molecule has 2 heterocycles. The fraction of sp³-hybridized carbons (Fsp3) is 0.143. The van der Waals surface area contributed by atoms with Crippen LogP contribution in [0.2, 0.25) is 0 Å². The zero-order chi connectivity index (χ0) is 20.5. The number of aromatic nitrogens is 2. The Hall–Kier alpha value is -3.52. The van der Waals surface area contributed by atoms with Crippen LogP contribution in [0.1, 0.15) is 20.8 Å². The highest BCUT2D eigenvalue weighted by molar-refractivity contribution is 6.27. The Kier molecular flexibility index (Phi) is 3.47. The van der Waals surface area contributed by atoms with E-state index in [1.54, 1.807) is 0 Å². The van der Waals surface area contributed by atoms with Gasteiger partial charge >= 0.3 is 0 Å². The molecule has 2 aromatic heterocycles. The summed E-state index contributed by atoms with van der Waals surface area (Å²) >= 11 is 0. The molecule has 0 bridgehead atoms. The average molecular weight is 389 g/mol. The van der Waals surface area contributed by atoms with Gasteiger partial charge in [-0.25, -0.2) is 0 Å². The first kappa shape index (κ1) is 17.3. The summed E-state index contributed by atoms with van der Waals surface area (Å²) < 4.78 is 2.50. The largest absolute Gasteiger partial charge is 0.354 e. The zero-order valence-electron chi connectivity index (χ0n) is 17.5. The first-order valence-electron chi connectivity index (χ1n) is 10.6. The SMILES string of the molecule is CC(C)(C)n1c2cccc(-c3ccccc3)c2c2c3[nH]c4ccccc4c3ccc21. The number of rotatable bonds is 1. The summed E-state index contributed by atoms with van der Waals surface area (Å²) in [5, 5.41) is 5.20. The summed E-state index contributed by atoms with van der Waals surface area (Å²) in [5.41, 5.74) is 7.48. The van der Waals surface area contributed by atoms with Crippen molar-refractivity contribution < 1.29 is 0 Å². The third kappa shape index (κ3) is 2.31. The molecule has 2 nitrogen and oxygen atoms in total. The molecular weight excluding hydrogens is 364 g/mol. The number of benzene rings is 4. The van der Waals surface area contributed by atoms with Crippen LogP contribution in [0, 0.1) is 0 Å². The maximum Gasteiger partial charge on any atom is 0.0566 e. The van der Waals surface area contributed by atoms with Crippen molar-refractivity contribution >= 4 is 43.6 Å². The first-order valence-corrected chi connectivity index (χ1v) is 10.6. The molecule has 0 fully saturated rings. The molecule has 0 spiro atoms. The van der Waals surface area contributed by atoms with Gasteiger partial charge < -0.3 is 9.55 Å². The fourth-order valence-corrected chi connectivity index (χ4v) is 5.05. The molecule has 6 aromatic rings. The van der Waals surface area contributed by atoms with Gasteiger partial charge in [0.1, 0.15) is 0 Å². The van der Waals surface area contributed by atoms with Gasteiger partial charge in [0.05, 0.1) is 16.6 Å². The van der Waals surface area contributed by atoms with Crippen molar-refractivity contribution in [2.24, 2.45) is 0 Å². The Morgan fingerprint density at radius 1 is 0.633 bits per heavy atom. The summed E-state index contributed by atoms with van der Waals surface area (Å²) in [5.74, 6) is 0. The molecule has 0 aliphatic rings. The Morgan fingerprint density at radius 2 is 1.37 bits per heavy atom. The Morgan fingerprint density at radius 3 is 2.17 bits per heavy atom. The molecule has 0 amide bonds. The number of nitrogens with one attached hydrogen (secondary N) is 1. The molecule has 0 saturated heterocycles. The van der Waals surface area contributed by atoms with E-state index in [2.05, 4.69) is 115 Å². The predicted molar refractivity (Wildman–Crippen MR) is 129 cm³/mol. The van der Waals surface area contributed by atoms with E-state index in [4.69, 9.17) is 0 Å². The molecule has 4 aromatic carbocycles. The Bertz CT molecular complexity index is 1560. The van der Waals surface area contributed by atoms with E-state index in [0.29, 0.717) is 0 Å². The van der Waals surface area contributed by atoms with Crippen molar-refractivity contribution in [3.63, 3.8) is 0 Å². The molecule has 30 heavy (non-hydrogen) atoms. The molecule has 0 unspecified atom stereocenters. The molecular formula is C28H24N2. The van der Waals surface area contributed by atoms with Gasteiger partial charge in [-0.15, -0.1) is 0 Å². The van der Waals surface area contributed by atoms with Gasteiger partial charge in [-0.1, -0.05) is 66.7 Å². The van der Waals surface area contributed by atoms with Crippen LogP contribution >= 0.6 is 0 Å². The predicted octanol–water partition coefficient (Wildman–Crippen LogP) is 7.85. The van der Waals surface area contributed by atoms with Gasteiger partial charge in [-0.3, -0.25) is 0 Å². The molecule has 0 aliphatic carbocycles. The first-order chi connectivity index (χ1) is 14.5. The fourth-order valence-electron chi connectivity index (χ4n) is 5.05. The minimum atomic E-state index is -0.0327. The van der Waals surface area contributed by atoms with Crippen LogP contribution in [0.5, 0.6) is 0 Å². The second-order valence-corrected chi connectivity index (χ2v) is 9.12. The van der Waals surface area contributed by atoms with Crippen LogP contribution in [-0.2, 0) is 5.54 Å². The van der Waals surface area contributed by atoms with Crippen molar-refractivity contribution in [3.8, 4) is 11.1 Å². The van der Waals surface area contributed by atoms with E-state index >= 15 is 0 Å². The highest BCUT2D eigenvalue weighted by atomic mass is 15.0. The van der Waals surface area contributed by atoms with Crippen LogP contribution in [0.3, 0.4) is 0 Å². The topological polar surface area (TPSA) is 20.7 Å². The summed E-state index contributed by atoms with van der Waals surface area (Å²) in [6.45, 7) is 6.86. The van der Waals surface area contributed by atoms with Crippen molar-refractivity contribution in [2.45, 2.75) is 26.3 Å². The van der Waals surface area contributed by atoms with Crippen molar-refractivity contribution in [1.29, 1.82) is 0 Å². The lowest BCUT2D eigenvalue weighted by molar-refractivity contribution is 0.423. The number of H-pyrrole nitrogens is 1. The van der Waals surface area contributed by atoms with Crippen LogP contribution in [0.4, 0.5) is 0 Å². The maximum atomic E-state index is 3.74. The monoisotopic (exact) mass is 388 g/mol. The number of hydrogen-bond donors (Lipinski definition) is 1. The highest BCUT2D eigenvalue weighted by Crippen LogP contribution is 2.43. The molecule has 0 saturated carbocycles. The van der Waals surface area contributed by atoms with Gasteiger partial charge in [0.2, 0.25) is 0 Å². The lowest BCUT2D eigenvalue weighted by Gasteiger charge is -2.24. The van der Waals surface area contributed by atoms with Crippen molar-refractivity contribution in [1.82, 2.24) is 9.55 Å². The normalized spacial score (nSPS) is 12.5. The van der Waals surface area contributed by atoms with Crippen molar-refractivity contribution in [3.05, 3.63) is 84.9 Å². The van der Waals surface area contributed by atoms with Gasteiger partial charge in [-0.2, -0.15) is 0 Å². The summed E-state index contributed by atoms with van der Waals surface area (Å²) in [6.07, 6.45) is 0.